The van der Waals surface area contributed by atoms with Crippen LogP contribution in [0.3, 0.4) is 0 Å². The van der Waals surface area contributed by atoms with Crippen LogP contribution in [0.2, 0.25) is 0 Å². The van der Waals surface area contributed by atoms with Gasteiger partial charge in [0.25, 0.3) is 0 Å². The van der Waals surface area contributed by atoms with Crippen molar-refractivity contribution in [2.45, 2.75) is 13.0 Å². The molecule has 1 unspecified atom stereocenters. The van der Waals surface area contributed by atoms with E-state index in [9.17, 15) is 10.4 Å². The van der Waals surface area contributed by atoms with E-state index in [0.29, 0.717) is 0 Å². The topological polar surface area (TPSA) is 58.4 Å². The smallest absolute Gasteiger partial charge is 0.612 e. The van der Waals surface area contributed by atoms with Crippen molar-refractivity contribution >= 4 is 5.71 Å². The molecule has 4 nitrogen and oxygen atoms in total. The first kappa shape index (κ1) is 16.8. The van der Waals surface area contributed by atoms with Gasteiger partial charge in [0.05, 0.1) is 6.61 Å². The molecule has 17 heavy (non-hydrogen) atoms. The predicted molar refractivity (Wildman–Crippen MR) is 63.0 cm³/mol. The summed E-state index contributed by atoms with van der Waals surface area (Å²) in [4.78, 5) is -0.416. The maximum Gasteiger partial charge on any atom is 1.00 e. The molecule has 5 heteroatoms. The van der Waals surface area contributed by atoms with Crippen molar-refractivity contribution in [3.63, 3.8) is 0 Å². The number of nitrogens with zero attached hydrogens (tertiary/aromatic N) is 1. The summed E-state index contributed by atoms with van der Waals surface area (Å²) >= 11 is 0. The first-order valence-electron chi connectivity index (χ1n) is 4.92. The Balaban J connectivity index is 0.00000256. The van der Waals surface area contributed by atoms with Gasteiger partial charge in [-0.05, 0) is 5.56 Å². The van der Waals surface area contributed by atoms with Gasteiger partial charge < -0.3 is 15.2 Å². The molecule has 0 N–H and O–H groups in total. The van der Waals surface area contributed by atoms with E-state index in [2.05, 4.69) is 6.58 Å². The maximum atomic E-state index is 10.7. The van der Waals surface area contributed by atoms with E-state index in [1.807, 2.05) is 18.2 Å². The molecule has 0 radical (unpaired) electrons. The zero-order valence-corrected chi connectivity index (χ0v) is 13.3. The molecule has 0 aliphatic carbocycles. The van der Waals surface area contributed by atoms with E-state index in [4.69, 9.17) is 4.74 Å². The van der Waals surface area contributed by atoms with Gasteiger partial charge in [-0.25, -0.2) is 0 Å². The second-order valence-electron chi connectivity index (χ2n) is 3.31. The summed E-state index contributed by atoms with van der Waals surface area (Å²) in [5, 5.41) is 21.5. The SMILES string of the molecule is C=CCOC(C(C)=[N+]([O-])[O-])c1ccccc1.[K+]. The summed E-state index contributed by atoms with van der Waals surface area (Å²) in [6, 6.07) is 9.12. The minimum absolute atomic E-state index is 0. The van der Waals surface area contributed by atoms with Crippen LogP contribution in [-0.4, -0.2) is 17.2 Å². The van der Waals surface area contributed by atoms with E-state index < -0.39 is 11.0 Å². The summed E-state index contributed by atoms with van der Waals surface area (Å²) in [7, 11) is 0. The fourth-order valence-corrected chi connectivity index (χ4v) is 1.35. The maximum absolute atomic E-state index is 10.7. The summed E-state index contributed by atoms with van der Waals surface area (Å²) in [5.41, 5.74) is 0.853. The van der Waals surface area contributed by atoms with Gasteiger partial charge in [-0.2, -0.15) is 4.90 Å². The summed E-state index contributed by atoms with van der Waals surface area (Å²) in [5.74, 6) is 0. The molecule has 0 saturated carbocycles. The Hall–Kier alpha value is -0.174. The van der Waals surface area contributed by atoms with E-state index in [-0.39, 0.29) is 63.7 Å². The molecular formula is C12H14KNO3. The van der Waals surface area contributed by atoms with Gasteiger partial charge in [-0.1, -0.05) is 36.4 Å². The molecule has 0 aliphatic heterocycles. The Morgan fingerprint density at radius 2 is 2.00 bits per heavy atom. The van der Waals surface area contributed by atoms with Crippen LogP contribution in [0.4, 0.5) is 0 Å². The van der Waals surface area contributed by atoms with E-state index in [1.54, 1.807) is 18.2 Å². The molecule has 0 aromatic heterocycles. The molecule has 0 amide bonds. The minimum atomic E-state index is -0.616. The van der Waals surface area contributed by atoms with Gasteiger partial charge in [0, 0.05) is 6.92 Å². The van der Waals surface area contributed by atoms with Crippen molar-refractivity contribution in [3.8, 4) is 0 Å². The van der Waals surface area contributed by atoms with Crippen LogP contribution in [0.15, 0.2) is 43.0 Å². The van der Waals surface area contributed by atoms with Crippen LogP contribution in [0, 0.1) is 10.4 Å². The van der Waals surface area contributed by atoms with Crippen molar-refractivity contribution in [2.75, 3.05) is 6.61 Å². The molecule has 86 valence electrons. The summed E-state index contributed by atoms with van der Waals surface area (Å²) in [6.07, 6.45) is 0.956. The molecule has 0 fully saturated rings. The Morgan fingerprint density at radius 1 is 1.41 bits per heavy atom. The van der Waals surface area contributed by atoms with Crippen LogP contribution in [0.5, 0.6) is 0 Å². The van der Waals surface area contributed by atoms with Gasteiger partial charge in [0.15, 0.2) is 6.10 Å². The monoisotopic (exact) mass is 259 g/mol. The normalized spacial score (nSPS) is 11.1. The molecule has 0 bridgehead atoms. The van der Waals surface area contributed by atoms with Gasteiger partial charge in [0.1, 0.15) is 0 Å². The molecule has 1 aromatic carbocycles. The average Bonchev–Trinajstić information content (AvgIpc) is 2.30. The van der Waals surface area contributed by atoms with Crippen molar-refractivity contribution in [3.05, 3.63) is 59.0 Å². The van der Waals surface area contributed by atoms with Crippen molar-refractivity contribution in [1.82, 2.24) is 0 Å². The average molecular weight is 259 g/mol. The van der Waals surface area contributed by atoms with E-state index >= 15 is 0 Å². The third-order valence-corrected chi connectivity index (χ3v) is 2.15. The predicted octanol–water partition coefficient (Wildman–Crippen LogP) is -0.597. The van der Waals surface area contributed by atoms with Crippen molar-refractivity contribution in [1.29, 1.82) is 0 Å². The fraction of sp³-hybridized carbons (Fsp3) is 0.250. The molecule has 0 heterocycles. The second-order valence-corrected chi connectivity index (χ2v) is 3.31. The Bertz CT molecular complexity index is 375. The van der Waals surface area contributed by atoms with E-state index in [1.165, 1.54) is 6.92 Å². The van der Waals surface area contributed by atoms with Gasteiger partial charge in [-0.15, -0.1) is 6.58 Å². The third-order valence-electron chi connectivity index (χ3n) is 2.15. The van der Waals surface area contributed by atoms with Gasteiger partial charge in [0.2, 0.25) is 5.71 Å². The van der Waals surface area contributed by atoms with Crippen LogP contribution >= 0.6 is 0 Å². The first-order valence-corrected chi connectivity index (χ1v) is 4.92. The zero-order valence-electron chi connectivity index (χ0n) is 10.1. The van der Waals surface area contributed by atoms with Gasteiger partial charge >= 0.3 is 51.4 Å². The second kappa shape index (κ2) is 8.85. The standard InChI is InChI=1S/C12H14NO3.K/c1-3-9-16-12(10(2)13(14)15)11-7-5-4-6-8-11;/h3-8,12H,1,9H2,2H3;/q-1;+1. The Morgan fingerprint density at radius 3 is 2.47 bits per heavy atom. The Kier molecular flexibility index (Phi) is 8.76. The first-order chi connectivity index (χ1) is 7.66. The van der Waals surface area contributed by atoms with E-state index in [0.717, 1.165) is 5.56 Å². The number of hydrogen-bond acceptors (Lipinski definition) is 3. The molecule has 1 rings (SSSR count). The van der Waals surface area contributed by atoms with Crippen LogP contribution in [0.1, 0.15) is 18.6 Å². The quantitative estimate of drug-likeness (QED) is 0.233. The minimum Gasteiger partial charge on any atom is -0.612 e. The fourth-order valence-electron chi connectivity index (χ4n) is 1.35. The van der Waals surface area contributed by atoms with Crippen molar-refractivity contribution < 1.29 is 61.0 Å². The summed E-state index contributed by atoms with van der Waals surface area (Å²) < 4.78 is 5.40. The number of rotatable bonds is 5. The van der Waals surface area contributed by atoms with Gasteiger partial charge in [-0.3, -0.25) is 0 Å². The van der Waals surface area contributed by atoms with Crippen LogP contribution in [-0.2, 0) is 4.74 Å². The molecule has 0 spiro atoms. The molecule has 0 saturated heterocycles. The number of benzene rings is 1. The van der Waals surface area contributed by atoms with Crippen molar-refractivity contribution in [2.24, 2.45) is 0 Å². The zero-order chi connectivity index (χ0) is 12.0. The number of ether oxygens (including phenoxy) is 1. The van der Waals surface area contributed by atoms with Crippen LogP contribution in [0.25, 0.3) is 0 Å². The third kappa shape index (κ3) is 5.33. The Labute approximate surface area is 144 Å². The largest absolute Gasteiger partial charge is 1.00 e. The molecule has 0 aliphatic rings. The number of hydrogen-bond donors (Lipinski definition) is 0. The summed E-state index contributed by atoms with van der Waals surface area (Å²) in [6.45, 7) is 5.27. The molecule has 1 atom stereocenters. The molecule has 1 aromatic rings. The van der Waals surface area contributed by atoms with Crippen LogP contribution < -0.4 is 51.4 Å². The molecular weight excluding hydrogens is 245 g/mol.